The fourth-order valence-corrected chi connectivity index (χ4v) is 2.21. The Morgan fingerprint density at radius 3 is 3.00 bits per heavy atom. The Kier molecular flexibility index (Phi) is 1.94. The van der Waals surface area contributed by atoms with Crippen LogP contribution in [-0.2, 0) is 6.54 Å². The molecular formula is C11H8ClFN2O. The first-order valence-corrected chi connectivity index (χ1v) is 5.31. The molecule has 1 aromatic heterocycles. The zero-order chi connectivity index (χ0) is 11.3. The van der Waals surface area contributed by atoms with Gasteiger partial charge in [0.2, 0.25) is 0 Å². The highest BCUT2D eigenvalue weighted by Crippen LogP contribution is 2.27. The number of nitrogens with zero attached hydrogens (tertiary/aromatic N) is 1. The van der Waals surface area contributed by atoms with Crippen molar-refractivity contribution >= 4 is 28.4 Å². The van der Waals surface area contributed by atoms with Crippen LogP contribution in [0, 0.1) is 5.82 Å². The lowest BCUT2D eigenvalue weighted by Gasteiger charge is -2.16. The van der Waals surface area contributed by atoms with Gasteiger partial charge in [-0.25, -0.2) is 4.39 Å². The molecule has 0 atom stereocenters. The molecule has 1 aliphatic rings. The van der Waals surface area contributed by atoms with Crippen molar-refractivity contribution in [3.8, 4) is 0 Å². The monoisotopic (exact) mass is 238 g/mol. The largest absolute Gasteiger partial charge is 0.349 e. The molecule has 0 spiro atoms. The number of amides is 1. The number of fused-ring (bicyclic) bond motifs is 3. The van der Waals surface area contributed by atoms with E-state index in [0.29, 0.717) is 24.2 Å². The highest BCUT2D eigenvalue weighted by atomic mass is 35.5. The number of hydrogen-bond acceptors (Lipinski definition) is 1. The van der Waals surface area contributed by atoms with Gasteiger partial charge in [0.15, 0.2) is 0 Å². The second-order valence-electron chi connectivity index (χ2n) is 3.76. The van der Waals surface area contributed by atoms with Gasteiger partial charge in [-0.3, -0.25) is 4.79 Å². The molecule has 1 amide bonds. The van der Waals surface area contributed by atoms with Crippen molar-refractivity contribution < 1.29 is 9.18 Å². The van der Waals surface area contributed by atoms with Crippen molar-refractivity contribution in [3.63, 3.8) is 0 Å². The van der Waals surface area contributed by atoms with Gasteiger partial charge in [0.25, 0.3) is 5.91 Å². The van der Waals surface area contributed by atoms with Gasteiger partial charge in [0.1, 0.15) is 11.5 Å². The zero-order valence-electron chi connectivity index (χ0n) is 8.26. The number of carbonyl (C=O) groups excluding carboxylic acids is 1. The van der Waals surface area contributed by atoms with E-state index in [9.17, 15) is 9.18 Å². The predicted molar refractivity (Wildman–Crippen MR) is 59.2 cm³/mol. The minimum absolute atomic E-state index is 0.0828. The maximum absolute atomic E-state index is 13.3. The number of carbonyl (C=O) groups is 1. The van der Waals surface area contributed by atoms with Crippen molar-refractivity contribution in [1.29, 1.82) is 0 Å². The molecule has 0 saturated carbocycles. The molecule has 1 aliphatic heterocycles. The molecule has 82 valence electrons. The van der Waals surface area contributed by atoms with Gasteiger partial charge in [-0.1, -0.05) is 11.6 Å². The standard InChI is InChI=1S/C11H8ClFN2O/c12-7-5-9-6(3-8(7)13)4-10-11(16)14-1-2-15(9)10/h3-5H,1-2H2,(H,14,16). The highest BCUT2D eigenvalue weighted by Gasteiger charge is 2.20. The molecule has 3 nitrogen and oxygen atoms in total. The summed E-state index contributed by atoms with van der Waals surface area (Å²) >= 11 is 5.73. The highest BCUT2D eigenvalue weighted by molar-refractivity contribution is 6.31. The quantitative estimate of drug-likeness (QED) is 0.750. The first kappa shape index (κ1) is 9.66. The van der Waals surface area contributed by atoms with Crippen LogP contribution >= 0.6 is 11.6 Å². The number of halogens is 2. The Morgan fingerprint density at radius 1 is 1.38 bits per heavy atom. The van der Waals surface area contributed by atoms with Crippen LogP contribution in [0.2, 0.25) is 5.02 Å². The van der Waals surface area contributed by atoms with Crippen molar-refractivity contribution in [3.05, 3.63) is 34.7 Å². The van der Waals surface area contributed by atoms with Crippen molar-refractivity contribution in [2.24, 2.45) is 0 Å². The van der Waals surface area contributed by atoms with Crippen molar-refractivity contribution in [2.45, 2.75) is 6.54 Å². The molecule has 2 aromatic rings. The summed E-state index contributed by atoms with van der Waals surface area (Å²) in [7, 11) is 0. The molecule has 0 radical (unpaired) electrons. The Morgan fingerprint density at radius 2 is 2.19 bits per heavy atom. The molecule has 2 heterocycles. The van der Waals surface area contributed by atoms with Gasteiger partial charge in [-0.05, 0) is 18.2 Å². The Labute approximate surface area is 95.8 Å². The number of hydrogen-bond donors (Lipinski definition) is 1. The third-order valence-corrected chi connectivity index (χ3v) is 3.09. The maximum Gasteiger partial charge on any atom is 0.268 e. The van der Waals surface area contributed by atoms with E-state index >= 15 is 0 Å². The summed E-state index contributed by atoms with van der Waals surface area (Å²) in [6.07, 6.45) is 0. The minimum Gasteiger partial charge on any atom is -0.349 e. The van der Waals surface area contributed by atoms with E-state index in [1.165, 1.54) is 6.07 Å². The molecule has 0 aliphatic carbocycles. The average Bonchev–Trinajstić information content (AvgIpc) is 2.59. The molecule has 0 unspecified atom stereocenters. The number of benzene rings is 1. The van der Waals surface area contributed by atoms with Crippen molar-refractivity contribution in [2.75, 3.05) is 6.54 Å². The van der Waals surface area contributed by atoms with Gasteiger partial charge in [0.05, 0.1) is 10.5 Å². The molecule has 0 saturated heterocycles. The van der Waals surface area contributed by atoms with Gasteiger partial charge in [-0.2, -0.15) is 0 Å². The molecule has 16 heavy (non-hydrogen) atoms. The van der Waals surface area contributed by atoms with Crippen LogP contribution in [0.5, 0.6) is 0 Å². The van der Waals surface area contributed by atoms with Gasteiger partial charge >= 0.3 is 0 Å². The molecule has 0 fully saturated rings. The second-order valence-corrected chi connectivity index (χ2v) is 4.17. The molecule has 0 bridgehead atoms. The second kappa shape index (κ2) is 3.22. The van der Waals surface area contributed by atoms with Crippen LogP contribution in [0.25, 0.3) is 10.9 Å². The van der Waals surface area contributed by atoms with E-state index in [4.69, 9.17) is 11.6 Å². The van der Waals surface area contributed by atoms with E-state index in [2.05, 4.69) is 5.32 Å². The molecule has 5 heteroatoms. The van der Waals surface area contributed by atoms with Crippen molar-refractivity contribution in [1.82, 2.24) is 9.88 Å². The lowest BCUT2D eigenvalue weighted by Crippen LogP contribution is -2.34. The summed E-state index contributed by atoms with van der Waals surface area (Å²) in [4.78, 5) is 11.6. The van der Waals surface area contributed by atoms with Gasteiger partial charge in [0, 0.05) is 18.5 Å². The van der Waals surface area contributed by atoms with Crippen LogP contribution in [0.1, 0.15) is 10.5 Å². The predicted octanol–water partition coefficient (Wildman–Crippen LogP) is 2.18. The number of rotatable bonds is 0. The first-order chi connectivity index (χ1) is 7.66. The smallest absolute Gasteiger partial charge is 0.268 e. The topological polar surface area (TPSA) is 34.0 Å². The van der Waals surface area contributed by atoms with E-state index in [1.54, 1.807) is 12.1 Å². The Bertz CT molecular complexity index is 606. The van der Waals surface area contributed by atoms with Gasteiger partial charge < -0.3 is 9.88 Å². The Balaban J connectivity index is 2.36. The summed E-state index contributed by atoms with van der Waals surface area (Å²) in [6.45, 7) is 1.27. The SMILES string of the molecule is O=C1NCCn2c1cc1cc(F)c(Cl)cc12. The lowest BCUT2D eigenvalue weighted by molar-refractivity contribution is 0.0929. The lowest BCUT2D eigenvalue weighted by atomic mass is 10.2. The van der Waals surface area contributed by atoms with Crippen LogP contribution < -0.4 is 5.32 Å². The third kappa shape index (κ3) is 1.23. The van der Waals surface area contributed by atoms with E-state index < -0.39 is 5.82 Å². The number of nitrogens with one attached hydrogen (secondary N) is 1. The van der Waals surface area contributed by atoms with E-state index in [-0.39, 0.29) is 10.9 Å². The summed E-state index contributed by atoms with van der Waals surface area (Å²) in [5.41, 5.74) is 1.36. The zero-order valence-corrected chi connectivity index (χ0v) is 9.01. The molecule has 1 aromatic carbocycles. The fourth-order valence-electron chi connectivity index (χ4n) is 2.06. The third-order valence-electron chi connectivity index (χ3n) is 2.80. The van der Waals surface area contributed by atoms with E-state index in [0.717, 1.165) is 5.52 Å². The fraction of sp³-hybridized carbons (Fsp3) is 0.182. The maximum atomic E-state index is 13.3. The molecular weight excluding hydrogens is 231 g/mol. The van der Waals surface area contributed by atoms with Crippen LogP contribution in [-0.4, -0.2) is 17.0 Å². The minimum atomic E-state index is -0.461. The molecule has 3 rings (SSSR count). The molecule has 1 N–H and O–H groups in total. The number of aromatic nitrogens is 1. The van der Waals surface area contributed by atoms with Crippen LogP contribution in [0.4, 0.5) is 4.39 Å². The summed E-state index contributed by atoms with van der Waals surface area (Å²) in [5.74, 6) is -0.587. The van der Waals surface area contributed by atoms with Crippen LogP contribution in [0.15, 0.2) is 18.2 Å². The van der Waals surface area contributed by atoms with Crippen LogP contribution in [0.3, 0.4) is 0 Å². The summed E-state index contributed by atoms with van der Waals surface area (Å²) < 4.78 is 15.1. The summed E-state index contributed by atoms with van der Waals surface area (Å²) in [5, 5.41) is 3.53. The van der Waals surface area contributed by atoms with E-state index in [1.807, 2.05) is 4.57 Å². The normalized spacial score (nSPS) is 15.0. The first-order valence-electron chi connectivity index (χ1n) is 4.93. The van der Waals surface area contributed by atoms with Gasteiger partial charge in [-0.15, -0.1) is 0 Å². The average molecular weight is 239 g/mol. The Hall–Kier alpha value is -1.55. The summed E-state index contributed by atoms with van der Waals surface area (Å²) in [6, 6.07) is 4.60.